The Morgan fingerprint density at radius 1 is 1.05 bits per heavy atom. The first-order valence-electron chi connectivity index (χ1n) is 13.7. The van der Waals surface area contributed by atoms with Crippen molar-refractivity contribution in [2.24, 2.45) is 0 Å². The number of rotatable bonds is 6. The summed E-state index contributed by atoms with van der Waals surface area (Å²) in [6, 6.07) is 18.5. The summed E-state index contributed by atoms with van der Waals surface area (Å²) in [5.41, 5.74) is 8.38. The van der Waals surface area contributed by atoms with Crippen LogP contribution >= 0.6 is 0 Å². The van der Waals surface area contributed by atoms with E-state index >= 15 is 0 Å². The van der Waals surface area contributed by atoms with E-state index < -0.39 is 0 Å². The second-order valence-corrected chi connectivity index (χ2v) is 10.9. The summed E-state index contributed by atoms with van der Waals surface area (Å²) < 4.78 is 11.2. The SMILES string of the molecule is Cc1nc(-c2ccc(-c3ccc(C(=O)N4CCCc5cc6c(cc54)C(CCN(C)C)CO6)cc3)c(C)c2)no1. The molecule has 3 heterocycles. The van der Waals surface area contributed by atoms with Gasteiger partial charge in [0, 0.05) is 41.8 Å². The lowest BCUT2D eigenvalue weighted by Gasteiger charge is -2.30. The molecule has 0 saturated carbocycles. The molecule has 7 heteroatoms. The van der Waals surface area contributed by atoms with Crippen molar-refractivity contribution in [2.75, 3.05) is 38.7 Å². The van der Waals surface area contributed by atoms with E-state index in [-0.39, 0.29) is 5.91 Å². The van der Waals surface area contributed by atoms with Crippen LogP contribution in [0.1, 0.15) is 51.7 Å². The number of anilines is 1. The molecule has 7 nitrogen and oxygen atoms in total. The lowest BCUT2D eigenvalue weighted by Crippen LogP contribution is -2.35. The third kappa shape index (κ3) is 4.94. The molecule has 39 heavy (non-hydrogen) atoms. The topological polar surface area (TPSA) is 71.7 Å². The van der Waals surface area contributed by atoms with Crippen molar-refractivity contribution in [2.45, 2.75) is 39.0 Å². The fourth-order valence-electron chi connectivity index (χ4n) is 5.71. The van der Waals surface area contributed by atoms with E-state index in [9.17, 15) is 4.79 Å². The summed E-state index contributed by atoms with van der Waals surface area (Å²) in [5, 5.41) is 4.02. The third-order valence-electron chi connectivity index (χ3n) is 7.83. The van der Waals surface area contributed by atoms with E-state index in [0.717, 1.165) is 72.6 Å². The van der Waals surface area contributed by atoms with E-state index in [2.05, 4.69) is 60.3 Å². The Kier molecular flexibility index (Phi) is 6.69. The van der Waals surface area contributed by atoms with Crippen LogP contribution in [0.3, 0.4) is 0 Å². The predicted octanol–water partition coefficient (Wildman–Crippen LogP) is 6.04. The van der Waals surface area contributed by atoms with Gasteiger partial charge in [-0.1, -0.05) is 29.4 Å². The molecule has 4 aromatic rings. The minimum Gasteiger partial charge on any atom is -0.493 e. The van der Waals surface area contributed by atoms with Gasteiger partial charge in [0.2, 0.25) is 11.7 Å². The van der Waals surface area contributed by atoms with Crippen LogP contribution in [0.25, 0.3) is 22.5 Å². The number of ether oxygens (including phenoxy) is 1. The maximum atomic E-state index is 13.7. The smallest absolute Gasteiger partial charge is 0.258 e. The number of benzene rings is 3. The highest BCUT2D eigenvalue weighted by atomic mass is 16.5. The largest absolute Gasteiger partial charge is 0.493 e. The maximum Gasteiger partial charge on any atom is 0.258 e. The molecule has 3 aromatic carbocycles. The number of hydrogen-bond donors (Lipinski definition) is 0. The normalized spacial score (nSPS) is 16.2. The number of amides is 1. The lowest BCUT2D eigenvalue weighted by molar-refractivity contribution is 0.0985. The molecule has 0 fully saturated rings. The number of hydrogen-bond acceptors (Lipinski definition) is 6. The first-order valence-corrected chi connectivity index (χ1v) is 13.7. The van der Waals surface area contributed by atoms with Crippen molar-refractivity contribution in [1.29, 1.82) is 0 Å². The molecule has 1 atom stereocenters. The van der Waals surface area contributed by atoms with Crippen LogP contribution in [0.2, 0.25) is 0 Å². The van der Waals surface area contributed by atoms with Gasteiger partial charge < -0.3 is 19.1 Å². The monoisotopic (exact) mass is 522 g/mol. The quantitative estimate of drug-likeness (QED) is 0.307. The number of nitrogens with zero attached hydrogens (tertiary/aromatic N) is 4. The molecule has 2 aliphatic rings. The Bertz CT molecular complexity index is 1520. The first-order chi connectivity index (χ1) is 18.9. The summed E-state index contributed by atoms with van der Waals surface area (Å²) in [4.78, 5) is 22.2. The van der Waals surface area contributed by atoms with Crippen LogP contribution in [0.15, 0.2) is 59.1 Å². The van der Waals surface area contributed by atoms with Crippen molar-refractivity contribution in [3.8, 4) is 28.3 Å². The highest BCUT2D eigenvalue weighted by Crippen LogP contribution is 2.42. The number of carbonyl (C=O) groups excluding carboxylic acids is 1. The van der Waals surface area contributed by atoms with Gasteiger partial charge in [0.1, 0.15) is 5.75 Å². The minimum atomic E-state index is 0.0470. The fraction of sp³-hybridized carbons (Fsp3) is 0.344. The maximum absolute atomic E-state index is 13.7. The van der Waals surface area contributed by atoms with Crippen molar-refractivity contribution in [3.63, 3.8) is 0 Å². The predicted molar refractivity (Wildman–Crippen MR) is 152 cm³/mol. The number of aromatic nitrogens is 2. The molecule has 0 bridgehead atoms. The fourth-order valence-corrected chi connectivity index (χ4v) is 5.71. The molecule has 0 spiro atoms. The Morgan fingerprint density at radius 2 is 1.85 bits per heavy atom. The molecule has 1 unspecified atom stereocenters. The Balaban J connectivity index is 1.23. The number of fused-ring (bicyclic) bond motifs is 2. The summed E-state index contributed by atoms with van der Waals surface area (Å²) in [6.45, 7) is 6.32. The van der Waals surface area contributed by atoms with Gasteiger partial charge in [-0.25, -0.2) is 0 Å². The van der Waals surface area contributed by atoms with Gasteiger partial charge in [0.25, 0.3) is 5.91 Å². The molecule has 1 amide bonds. The zero-order valence-corrected chi connectivity index (χ0v) is 23.0. The van der Waals surface area contributed by atoms with Crippen molar-refractivity contribution in [3.05, 3.63) is 82.7 Å². The second kappa shape index (κ2) is 10.3. The Hall–Kier alpha value is -3.97. The number of aryl methyl sites for hydroxylation is 3. The van der Waals surface area contributed by atoms with E-state index in [4.69, 9.17) is 9.26 Å². The van der Waals surface area contributed by atoms with Crippen LogP contribution in [-0.4, -0.2) is 54.7 Å². The molecule has 0 saturated heterocycles. The van der Waals surface area contributed by atoms with Crippen LogP contribution in [0, 0.1) is 13.8 Å². The van der Waals surface area contributed by atoms with Crippen LogP contribution in [-0.2, 0) is 6.42 Å². The van der Waals surface area contributed by atoms with Crippen molar-refractivity contribution in [1.82, 2.24) is 15.0 Å². The van der Waals surface area contributed by atoms with Gasteiger partial charge in [0.15, 0.2) is 0 Å². The first kappa shape index (κ1) is 25.3. The van der Waals surface area contributed by atoms with Crippen LogP contribution in [0.4, 0.5) is 5.69 Å². The molecule has 0 N–H and O–H groups in total. The van der Waals surface area contributed by atoms with Crippen LogP contribution < -0.4 is 9.64 Å². The highest BCUT2D eigenvalue weighted by Gasteiger charge is 2.30. The Labute approximate surface area is 229 Å². The molecule has 0 radical (unpaired) electrons. The lowest BCUT2D eigenvalue weighted by atomic mass is 9.92. The number of carbonyl (C=O) groups is 1. The molecular formula is C32H34N4O3. The van der Waals surface area contributed by atoms with Gasteiger partial charge in [-0.3, -0.25) is 4.79 Å². The van der Waals surface area contributed by atoms with E-state index in [1.165, 1.54) is 11.1 Å². The zero-order valence-electron chi connectivity index (χ0n) is 23.0. The van der Waals surface area contributed by atoms with Gasteiger partial charge in [0.05, 0.1) is 6.61 Å². The summed E-state index contributed by atoms with van der Waals surface area (Å²) in [7, 11) is 4.20. The average Bonchev–Trinajstić information content (AvgIpc) is 3.55. The standard InChI is InChI=1S/C32H34N4O3/c1-20-16-25(31-33-21(2)39-34-31)11-12-27(20)22-7-9-23(10-8-22)32(37)36-14-5-6-24-17-30-28(18-29(24)36)26(19-38-30)13-15-35(3)4/h7-12,16-18,26H,5-6,13-15,19H2,1-4H3. The second-order valence-electron chi connectivity index (χ2n) is 10.9. The molecule has 2 aliphatic heterocycles. The van der Waals surface area contributed by atoms with Gasteiger partial charge in [-0.05, 0) is 99.4 Å². The highest BCUT2D eigenvalue weighted by molar-refractivity contribution is 6.07. The Morgan fingerprint density at radius 3 is 2.56 bits per heavy atom. The van der Waals surface area contributed by atoms with Gasteiger partial charge in [-0.15, -0.1) is 0 Å². The summed E-state index contributed by atoms with van der Waals surface area (Å²) in [6.07, 6.45) is 2.96. The van der Waals surface area contributed by atoms with Crippen molar-refractivity contribution >= 4 is 11.6 Å². The van der Waals surface area contributed by atoms with E-state index in [0.29, 0.717) is 23.2 Å². The van der Waals surface area contributed by atoms with Crippen molar-refractivity contribution < 1.29 is 14.1 Å². The zero-order chi connectivity index (χ0) is 27.1. The third-order valence-corrected chi connectivity index (χ3v) is 7.83. The molecule has 6 rings (SSSR count). The molecule has 1 aromatic heterocycles. The van der Waals surface area contributed by atoms with Crippen LogP contribution in [0.5, 0.6) is 5.75 Å². The van der Waals surface area contributed by atoms with Gasteiger partial charge >= 0.3 is 0 Å². The molecule has 0 aliphatic carbocycles. The summed E-state index contributed by atoms with van der Waals surface area (Å²) in [5.74, 6) is 2.54. The van der Waals surface area contributed by atoms with E-state index in [1.807, 2.05) is 35.2 Å². The summed E-state index contributed by atoms with van der Waals surface area (Å²) >= 11 is 0. The average molecular weight is 523 g/mol. The molecule has 200 valence electrons. The molecular weight excluding hydrogens is 488 g/mol. The minimum absolute atomic E-state index is 0.0470. The van der Waals surface area contributed by atoms with Gasteiger partial charge in [-0.2, -0.15) is 4.98 Å². The van der Waals surface area contributed by atoms with E-state index in [1.54, 1.807) is 6.92 Å².